The summed E-state index contributed by atoms with van der Waals surface area (Å²) in [6.45, 7) is 0.842. The summed E-state index contributed by atoms with van der Waals surface area (Å²) in [6, 6.07) is 7.78. The fourth-order valence-electron chi connectivity index (χ4n) is 1.68. The van der Waals surface area contributed by atoms with E-state index in [1.165, 1.54) is 11.1 Å². The van der Waals surface area contributed by atoms with E-state index in [9.17, 15) is 4.21 Å². The molecule has 1 aromatic carbocycles. The predicted octanol–water partition coefficient (Wildman–Crippen LogP) is 2.27. The van der Waals surface area contributed by atoms with Gasteiger partial charge in [-0.1, -0.05) is 24.3 Å². The summed E-state index contributed by atoms with van der Waals surface area (Å²) in [5.41, 5.74) is 3.32. The summed E-state index contributed by atoms with van der Waals surface area (Å²) in [6.07, 6.45) is 4.81. The number of benzene rings is 1. The van der Waals surface area contributed by atoms with Crippen LogP contribution in [0.15, 0.2) is 35.3 Å². The molecule has 0 aliphatic carbocycles. The van der Waals surface area contributed by atoms with Gasteiger partial charge in [-0.15, -0.1) is 0 Å². The molecule has 1 unspecified atom stereocenters. The van der Waals surface area contributed by atoms with Crippen molar-refractivity contribution in [3.05, 3.63) is 41.5 Å². The second-order valence-corrected chi connectivity index (χ2v) is 4.59. The van der Waals surface area contributed by atoms with Gasteiger partial charge in [0.1, 0.15) is 0 Å². The molecule has 84 valence electrons. The van der Waals surface area contributed by atoms with Gasteiger partial charge in [0.2, 0.25) is 0 Å². The first-order valence-electron chi connectivity index (χ1n) is 5.11. The average molecular weight is 235 g/mol. The van der Waals surface area contributed by atoms with Gasteiger partial charge in [-0.05, 0) is 29.2 Å². The van der Waals surface area contributed by atoms with Crippen molar-refractivity contribution in [2.45, 2.75) is 12.2 Å². The minimum absolute atomic E-state index is 0.195. The molecule has 0 aromatic heterocycles. The normalized spacial score (nSPS) is 16.9. The summed E-state index contributed by atoms with van der Waals surface area (Å²) in [5.74, 6) is 0.195. The minimum Gasteiger partial charge on any atom is -0.306 e. The van der Waals surface area contributed by atoms with Crippen molar-refractivity contribution in [1.82, 2.24) is 0 Å². The van der Waals surface area contributed by atoms with E-state index in [0.29, 0.717) is 0 Å². The van der Waals surface area contributed by atoms with E-state index in [4.69, 9.17) is 4.55 Å². The molecule has 0 saturated carbocycles. The summed E-state index contributed by atoms with van der Waals surface area (Å²) in [7, 11) is 0. The molecule has 2 rings (SSSR count). The second kappa shape index (κ2) is 5.18. The van der Waals surface area contributed by atoms with Crippen molar-refractivity contribution in [3.8, 4) is 0 Å². The molecule has 0 bridgehead atoms. The maximum atomic E-state index is 10.6. The number of rotatable bonds is 3. The van der Waals surface area contributed by atoms with E-state index >= 15 is 0 Å². The quantitative estimate of drug-likeness (QED) is 0.817. The van der Waals surface area contributed by atoms with Gasteiger partial charge in [0, 0.05) is 12.8 Å². The van der Waals surface area contributed by atoms with Crippen molar-refractivity contribution in [3.63, 3.8) is 0 Å². The smallest absolute Gasteiger partial charge is 0.157 e. The van der Waals surface area contributed by atoms with Gasteiger partial charge >= 0.3 is 0 Å². The van der Waals surface area contributed by atoms with Crippen LogP contribution in [0.25, 0.3) is 5.57 Å². The van der Waals surface area contributed by atoms with E-state index in [1.807, 2.05) is 36.6 Å². The number of dihydropyridines is 1. The fraction of sp³-hybridized carbons (Fsp3) is 0.250. The highest BCUT2D eigenvalue weighted by molar-refractivity contribution is 7.78. The molecular weight excluding hydrogens is 222 g/mol. The van der Waals surface area contributed by atoms with E-state index in [0.717, 1.165) is 18.5 Å². The van der Waals surface area contributed by atoms with Gasteiger partial charge in [0.25, 0.3) is 0 Å². The summed E-state index contributed by atoms with van der Waals surface area (Å²) < 4.78 is 19.4. The Morgan fingerprint density at radius 1 is 1.31 bits per heavy atom. The summed E-state index contributed by atoms with van der Waals surface area (Å²) >= 11 is -1.76. The number of aliphatic imine (C=N–C) groups is 1. The lowest BCUT2D eigenvalue weighted by Crippen LogP contribution is -1.96. The highest BCUT2D eigenvalue weighted by Gasteiger charge is 2.04. The Balaban J connectivity index is 2.15. The lowest BCUT2D eigenvalue weighted by atomic mass is 10.0. The third kappa shape index (κ3) is 2.87. The molecule has 1 heterocycles. The molecule has 0 amide bonds. The van der Waals surface area contributed by atoms with Crippen molar-refractivity contribution < 1.29 is 8.76 Å². The topological polar surface area (TPSA) is 49.7 Å². The lowest BCUT2D eigenvalue weighted by Gasteiger charge is -2.09. The summed E-state index contributed by atoms with van der Waals surface area (Å²) in [4.78, 5) is 4.14. The molecule has 0 radical (unpaired) electrons. The standard InChI is InChI=1S/C12H13NO2S/c14-16(15)9-10-1-3-11(4-2-10)12-5-7-13-8-6-12/h1-5,7H,6,8-9H2,(H,14,15). The molecule has 1 aliphatic rings. The van der Waals surface area contributed by atoms with Crippen LogP contribution in [-0.2, 0) is 16.8 Å². The van der Waals surface area contributed by atoms with Crippen molar-refractivity contribution in [2.24, 2.45) is 4.99 Å². The molecule has 4 heteroatoms. The highest BCUT2D eigenvalue weighted by Crippen LogP contribution is 2.20. The van der Waals surface area contributed by atoms with Crippen LogP contribution in [-0.4, -0.2) is 21.5 Å². The molecule has 1 aliphatic heterocycles. The first-order valence-corrected chi connectivity index (χ1v) is 6.39. The highest BCUT2D eigenvalue weighted by atomic mass is 32.2. The Kier molecular flexibility index (Phi) is 3.64. The number of allylic oxidation sites excluding steroid dienone is 1. The first kappa shape index (κ1) is 11.2. The Hall–Kier alpha value is -1.26. The molecule has 0 spiro atoms. The Morgan fingerprint density at radius 3 is 2.62 bits per heavy atom. The third-order valence-electron chi connectivity index (χ3n) is 2.51. The van der Waals surface area contributed by atoms with Crippen molar-refractivity contribution in [2.75, 3.05) is 6.54 Å². The largest absolute Gasteiger partial charge is 0.306 e. The van der Waals surface area contributed by atoms with Gasteiger partial charge in [-0.2, -0.15) is 0 Å². The van der Waals surface area contributed by atoms with Crippen molar-refractivity contribution >= 4 is 22.9 Å². The van der Waals surface area contributed by atoms with Gasteiger partial charge in [0.15, 0.2) is 11.1 Å². The maximum absolute atomic E-state index is 10.6. The van der Waals surface area contributed by atoms with Crippen LogP contribution in [0.1, 0.15) is 17.5 Å². The van der Waals surface area contributed by atoms with Gasteiger partial charge < -0.3 is 4.55 Å². The van der Waals surface area contributed by atoms with Crippen LogP contribution >= 0.6 is 0 Å². The van der Waals surface area contributed by atoms with Gasteiger partial charge in [-0.3, -0.25) is 4.99 Å². The second-order valence-electron chi connectivity index (χ2n) is 3.66. The summed E-state index contributed by atoms with van der Waals surface area (Å²) in [5, 5.41) is 0. The predicted molar refractivity (Wildman–Crippen MR) is 66.9 cm³/mol. The van der Waals surface area contributed by atoms with Crippen molar-refractivity contribution in [1.29, 1.82) is 0 Å². The third-order valence-corrected chi connectivity index (χ3v) is 3.09. The maximum Gasteiger partial charge on any atom is 0.157 e. The molecule has 1 aromatic rings. The number of hydrogen-bond donors (Lipinski definition) is 1. The van der Waals surface area contributed by atoms with Gasteiger partial charge in [-0.25, -0.2) is 4.21 Å². The Bertz CT molecular complexity index is 449. The number of nitrogens with zero attached hydrogens (tertiary/aromatic N) is 1. The van der Waals surface area contributed by atoms with Gasteiger partial charge in [0.05, 0.1) is 5.75 Å². The monoisotopic (exact) mass is 235 g/mol. The van der Waals surface area contributed by atoms with Crippen LogP contribution in [0.3, 0.4) is 0 Å². The van der Waals surface area contributed by atoms with Crippen LogP contribution in [0.2, 0.25) is 0 Å². The molecule has 1 atom stereocenters. The lowest BCUT2D eigenvalue weighted by molar-refractivity contribution is 0.563. The molecule has 0 saturated heterocycles. The zero-order valence-electron chi connectivity index (χ0n) is 8.80. The first-order chi connectivity index (χ1) is 7.75. The van der Waals surface area contributed by atoms with E-state index in [1.54, 1.807) is 0 Å². The number of hydrogen-bond acceptors (Lipinski definition) is 2. The Labute approximate surface area is 97.2 Å². The molecular formula is C12H13NO2S. The van der Waals surface area contributed by atoms with Crippen LogP contribution in [0.5, 0.6) is 0 Å². The average Bonchev–Trinajstić information content (AvgIpc) is 2.30. The molecule has 3 nitrogen and oxygen atoms in total. The minimum atomic E-state index is -1.76. The molecule has 0 fully saturated rings. The van der Waals surface area contributed by atoms with E-state index in [2.05, 4.69) is 4.99 Å². The zero-order chi connectivity index (χ0) is 11.4. The van der Waals surface area contributed by atoms with Crippen LogP contribution in [0.4, 0.5) is 0 Å². The van der Waals surface area contributed by atoms with Crippen LogP contribution < -0.4 is 0 Å². The van der Waals surface area contributed by atoms with E-state index in [-0.39, 0.29) is 5.75 Å². The molecule has 16 heavy (non-hydrogen) atoms. The van der Waals surface area contributed by atoms with Crippen LogP contribution in [0, 0.1) is 0 Å². The molecule has 1 N–H and O–H groups in total. The fourth-order valence-corrected chi connectivity index (χ4v) is 2.16. The zero-order valence-corrected chi connectivity index (χ0v) is 9.61. The van der Waals surface area contributed by atoms with E-state index < -0.39 is 11.1 Å². The SMILES string of the molecule is O=S(O)Cc1ccc(C2=CC=NCC2)cc1. The Morgan fingerprint density at radius 2 is 2.06 bits per heavy atom.